The van der Waals surface area contributed by atoms with Gasteiger partial charge in [-0.1, -0.05) is 382 Å². The van der Waals surface area contributed by atoms with Crippen LogP contribution in [0.1, 0.15) is 433 Å². The summed E-state index contributed by atoms with van der Waals surface area (Å²) >= 11 is 0. The summed E-state index contributed by atoms with van der Waals surface area (Å²) in [6, 6.07) is 0. The molecule has 0 aliphatic heterocycles. The first-order chi connectivity index (χ1) is 48.9. The fraction of sp³-hybridized carbons (Fsp3) is 0.951. The van der Waals surface area contributed by atoms with E-state index in [9.17, 15) is 43.2 Å². The second-order valence-corrected chi connectivity index (χ2v) is 33.4. The normalized spacial score (nSPS) is 13.9. The molecule has 0 aromatic carbocycles. The number of phosphoric ester groups is 2. The van der Waals surface area contributed by atoms with Gasteiger partial charge in [0.1, 0.15) is 19.3 Å². The molecule has 0 aliphatic carbocycles. The van der Waals surface area contributed by atoms with Crippen molar-refractivity contribution < 1.29 is 80.2 Å². The topological polar surface area (TPSA) is 237 Å². The number of aliphatic hydroxyl groups is 1. The maximum Gasteiger partial charge on any atom is 0.472 e. The third-order valence-electron chi connectivity index (χ3n) is 19.2. The fourth-order valence-corrected chi connectivity index (χ4v) is 14.3. The van der Waals surface area contributed by atoms with Crippen molar-refractivity contribution in [2.24, 2.45) is 11.8 Å². The van der Waals surface area contributed by atoms with E-state index in [0.29, 0.717) is 25.7 Å². The van der Waals surface area contributed by atoms with Crippen molar-refractivity contribution in [1.29, 1.82) is 0 Å². The molecule has 600 valence electrons. The van der Waals surface area contributed by atoms with Gasteiger partial charge in [-0.3, -0.25) is 37.3 Å². The van der Waals surface area contributed by atoms with Gasteiger partial charge in [0, 0.05) is 25.7 Å². The number of ether oxygens (including phenoxy) is 4. The molecule has 0 amide bonds. The van der Waals surface area contributed by atoms with E-state index in [2.05, 4.69) is 41.5 Å². The predicted molar refractivity (Wildman–Crippen MR) is 414 cm³/mol. The highest BCUT2D eigenvalue weighted by atomic mass is 31.2. The van der Waals surface area contributed by atoms with E-state index in [4.69, 9.17) is 37.0 Å². The minimum atomic E-state index is -4.96. The van der Waals surface area contributed by atoms with Crippen LogP contribution in [0.25, 0.3) is 0 Å². The molecule has 0 aliphatic rings. The Hall–Kier alpha value is -1.94. The zero-order valence-electron chi connectivity index (χ0n) is 66.2. The third kappa shape index (κ3) is 76.1. The maximum atomic E-state index is 13.1. The number of esters is 4. The summed E-state index contributed by atoms with van der Waals surface area (Å²) in [7, 11) is -9.92. The van der Waals surface area contributed by atoms with Gasteiger partial charge in [0.05, 0.1) is 26.4 Å². The molecule has 0 aromatic heterocycles. The Morgan fingerprint density at radius 1 is 0.267 bits per heavy atom. The zero-order valence-corrected chi connectivity index (χ0v) is 68.0. The van der Waals surface area contributed by atoms with Gasteiger partial charge in [-0.05, 0) is 37.5 Å². The Morgan fingerprint density at radius 3 is 0.673 bits per heavy atom. The van der Waals surface area contributed by atoms with E-state index in [1.54, 1.807) is 0 Å². The average molecular weight is 1480 g/mol. The number of hydrogen-bond donors (Lipinski definition) is 3. The second kappa shape index (κ2) is 73.6. The van der Waals surface area contributed by atoms with E-state index < -0.39 is 97.5 Å². The highest BCUT2D eigenvalue weighted by molar-refractivity contribution is 7.47. The summed E-state index contributed by atoms with van der Waals surface area (Å²) in [5.74, 6) is -0.551. The molecule has 2 unspecified atom stereocenters. The van der Waals surface area contributed by atoms with Crippen LogP contribution >= 0.6 is 15.6 Å². The Kier molecular flexibility index (Phi) is 72.2. The average Bonchev–Trinajstić information content (AvgIpc) is 0.943. The first kappa shape index (κ1) is 99.1. The summed E-state index contributed by atoms with van der Waals surface area (Å²) in [6.07, 6.45) is 63.7. The van der Waals surface area contributed by atoms with Crippen LogP contribution in [0.4, 0.5) is 0 Å². The van der Waals surface area contributed by atoms with Crippen molar-refractivity contribution >= 4 is 39.5 Å². The number of carbonyl (C=O) groups is 4. The summed E-state index contributed by atoms with van der Waals surface area (Å²) in [5, 5.41) is 10.7. The van der Waals surface area contributed by atoms with Crippen molar-refractivity contribution in [2.45, 2.75) is 452 Å². The van der Waals surface area contributed by atoms with E-state index in [1.807, 2.05) is 0 Å². The largest absolute Gasteiger partial charge is 0.472 e. The summed E-state index contributed by atoms with van der Waals surface area (Å²) < 4.78 is 68.8. The SMILES string of the molecule is CCCCCCCCCCCCCCCCCCCCC(=O)OC[C@H](COP(=O)(O)OC[C@@H](O)COP(=O)(O)OC[C@@H](COC(=O)CCCCCCCCCCCCCC)OC(=O)CCCCCCCCCCCCC(C)C)OC(=O)CCCCCCCCCCCCCCCCCC(C)C. The van der Waals surface area contributed by atoms with Crippen molar-refractivity contribution in [1.82, 2.24) is 0 Å². The van der Waals surface area contributed by atoms with Crippen LogP contribution in [0.15, 0.2) is 0 Å². The Balaban J connectivity index is 5.25. The van der Waals surface area contributed by atoms with Gasteiger partial charge >= 0.3 is 39.5 Å². The highest BCUT2D eigenvalue weighted by Crippen LogP contribution is 2.45. The lowest BCUT2D eigenvalue weighted by Gasteiger charge is -2.21. The minimum absolute atomic E-state index is 0.107. The molecule has 3 N–H and O–H groups in total. The van der Waals surface area contributed by atoms with E-state index in [0.717, 1.165) is 102 Å². The molecule has 5 atom stereocenters. The lowest BCUT2D eigenvalue weighted by atomic mass is 10.0. The van der Waals surface area contributed by atoms with Crippen LogP contribution in [-0.4, -0.2) is 96.7 Å². The lowest BCUT2D eigenvalue weighted by Crippen LogP contribution is -2.30. The molecule has 0 heterocycles. The molecular weight excluding hydrogens is 1320 g/mol. The number of carbonyl (C=O) groups excluding carboxylic acids is 4. The summed E-state index contributed by atoms with van der Waals surface area (Å²) in [6.45, 7) is 9.66. The molecule has 0 rings (SSSR count). The predicted octanol–water partition coefficient (Wildman–Crippen LogP) is 24.7. The fourth-order valence-electron chi connectivity index (χ4n) is 12.7. The molecule has 0 saturated carbocycles. The molecule has 0 saturated heterocycles. The van der Waals surface area contributed by atoms with Gasteiger partial charge in [-0.15, -0.1) is 0 Å². The van der Waals surface area contributed by atoms with E-state index in [1.165, 1.54) is 250 Å². The van der Waals surface area contributed by atoms with Gasteiger partial charge < -0.3 is 33.8 Å². The molecular formula is C82H160O17P2. The molecule has 17 nitrogen and oxygen atoms in total. The molecule has 0 aromatic rings. The van der Waals surface area contributed by atoms with Crippen LogP contribution in [0.2, 0.25) is 0 Å². The summed E-state index contributed by atoms with van der Waals surface area (Å²) in [5.41, 5.74) is 0. The van der Waals surface area contributed by atoms with Crippen molar-refractivity contribution in [3.8, 4) is 0 Å². The monoisotopic (exact) mass is 1480 g/mol. The molecule has 0 radical (unpaired) electrons. The number of aliphatic hydroxyl groups excluding tert-OH is 1. The van der Waals surface area contributed by atoms with Crippen LogP contribution in [0.5, 0.6) is 0 Å². The second-order valence-electron chi connectivity index (χ2n) is 30.5. The first-order valence-corrected chi connectivity index (χ1v) is 45.5. The zero-order chi connectivity index (χ0) is 74.2. The first-order valence-electron chi connectivity index (χ1n) is 42.5. The van der Waals surface area contributed by atoms with Gasteiger partial charge in [0.15, 0.2) is 12.2 Å². The van der Waals surface area contributed by atoms with Crippen LogP contribution < -0.4 is 0 Å². The van der Waals surface area contributed by atoms with Crippen molar-refractivity contribution in [3.05, 3.63) is 0 Å². The molecule has 19 heteroatoms. The quantitative estimate of drug-likeness (QED) is 0.0222. The number of hydrogen-bond acceptors (Lipinski definition) is 15. The standard InChI is InChI=1S/C82H160O17P2/c1-7-9-11-13-15-17-19-21-22-23-24-27-30-34-41-47-53-59-65-80(85)93-70-77(98-81(86)66-60-54-48-42-35-31-28-25-26-29-32-38-44-50-56-62-74(3)4)72-96-100(88,89)94-68-76(83)69-95-101(90,91)97-73-78(71-92-79(84)64-58-52-46-40-33-20-18-16-14-12-10-8-2)99-82(87)67-61-55-49-43-37-36-39-45-51-57-63-75(5)6/h74-78,83H,7-73H2,1-6H3,(H,88,89)(H,90,91)/t76-,77-,78-/m1/s1. The van der Waals surface area contributed by atoms with Gasteiger partial charge in [0.25, 0.3) is 0 Å². The molecule has 0 spiro atoms. The van der Waals surface area contributed by atoms with E-state index in [-0.39, 0.29) is 25.7 Å². The van der Waals surface area contributed by atoms with E-state index >= 15 is 0 Å². The number of phosphoric acid groups is 2. The Morgan fingerprint density at radius 2 is 0.455 bits per heavy atom. The number of rotatable bonds is 81. The van der Waals surface area contributed by atoms with Gasteiger partial charge in [-0.25, -0.2) is 9.13 Å². The third-order valence-corrected chi connectivity index (χ3v) is 21.1. The highest BCUT2D eigenvalue weighted by Gasteiger charge is 2.30. The van der Waals surface area contributed by atoms with Crippen molar-refractivity contribution in [3.63, 3.8) is 0 Å². The van der Waals surface area contributed by atoms with Crippen LogP contribution in [0.3, 0.4) is 0 Å². The van der Waals surface area contributed by atoms with Gasteiger partial charge in [0.2, 0.25) is 0 Å². The minimum Gasteiger partial charge on any atom is -0.462 e. The summed E-state index contributed by atoms with van der Waals surface area (Å²) in [4.78, 5) is 73.1. The van der Waals surface area contributed by atoms with Crippen LogP contribution in [0, 0.1) is 11.8 Å². The maximum absolute atomic E-state index is 13.1. The number of unbranched alkanes of at least 4 members (excludes halogenated alkanes) is 51. The molecule has 0 fully saturated rings. The Bertz CT molecular complexity index is 1940. The van der Waals surface area contributed by atoms with Crippen molar-refractivity contribution in [2.75, 3.05) is 39.6 Å². The molecule has 0 bridgehead atoms. The lowest BCUT2D eigenvalue weighted by molar-refractivity contribution is -0.161. The smallest absolute Gasteiger partial charge is 0.462 e. The van der Waals surface area contributed by atoms with Crippen LogP contribution in [-0.2, 0) is 65.4 Å². The Labute approximate surface area is 619 Å². The van der Waals surface area contributed by atoms with Gasteiger partial charge in [-0.2, -0.15) is 0 Å². The molecule has 101 heavy (non-hydrogen) atoms.